The highest BCUT2D eigenvalue weighted by atomic mass is 32.1. The number of nitrogens with zero attached hydrogens (tertiary/aromatic N) is 2. The number of hydrogen-bond donors (Lipinski definition) is 2. The van der Waals surface area contributed by atoms with E-state index in [0.717, 1.165) is 16.3 Å². The molecule has 0 saturated heterocycles. The Bertz CT molecular complexity index is 853. The number of aromatic hydroxyl groups is 1. The number of hydrogen-bond acceptors (Lipinski definition) is 7. The van der Waals surface area contributed by atoms with E-state index in [1.54, 1.807) is 42.5 Å². The highest BCUT2D eigenvalue weighted by Crippen LogP contribution is 2.33. The van der Waals surface area contributed by atoms with Crippen molar-refractivity contribution in [1.29, 1.82) is 0 Å². The number of esters is 1. The quantitative estimate of drug-likeness (QED) is 0.822. The van der Waals surface area contributed by atoms with Crippen LogP contribution in [0.1, 0.15) is 36.2 Å². The topological polar surface area (TPSA) is 83.8 Å². The van der Waals surface area contributed by atoms with Gasteiger partial charge in [-0.2, -0.15) is 0 Å². The van der Waals surface area contributed by atoms with E-state index in [0.29, 0.717) is 23.7 Å². The van der Waals surface area contributed by atoms with Gasteiger partial charge in [-0.1, -0.05) is 12.1 Å². The first-order valence-corrected chi connectivity index (χ1v) is 8.81. The van der Waals surface area contributed by atoms with E-state index >= 15 is 0 Å². The van der Waals surface area contributed by atoms with Crippen LogP contribution in [-0.2, 0) is 9.53 Å². The van der Waals surface area contributed by atoms with Crippen LogP contribution >= 0.6 is 11.3 Å². The summed E-state index contributed by atoms with van der Waals surface area (Å²) in [4.78, 5) is 21.6. The molecule has 2 aromatic rings. The first kappa shape index (κ1) is 17.2. The highest BCUT2D eigenvalue weighted by molar-refractivity contribution is 7.09. The molecule has 1 aromatic carbocycles. The first-order valence-electron chi connectivity index (χ1n) is 7.93. The van der Waals surface area contributed by atoms with E-state index in [4.69, 9.17) is 9.73 Å². The van der Waals surface area contributed by atoms with Gasteiger partial charge in [0, 0.05) is 11.1 Å². The van der Waals surface area contributed by atoms with Crippen molar-refractivity contribution in [3.05, 3.63) is 57.2 Å². The lowest BCUT2D eigenvalue weighted by molar-refractivity contribution is -0.138. The Morgan fingerprint density at radius 2 is 2.04 bits per heavy atom. The van der Waals surface area contributed by atoms with Crippen molar-refractivity contribution in [2.45, 2.75) is 26.8 Å². The zero-order valence-corrected chi connectivity index (χ0v) is 15.1. The second-order valence-corrected chi connectivity index (χ2v) is 6.67. The maximum Gasteiger partial charge on any atom is 0.338 e. The molecular formula is C18H19N3O3S. The summed E-state index contributed by atoms with van der Waals surface area (Å²) in [7, 11) is 0. The summed E-state index contributed by atoms with van der Waals surface area (Å²) in [5, 5.41) is 15.6. The van der Waals surface area contributed by atoms with Crippen LogP contribution in [0.25, 0.3) is 0 Å². The van der Waals surface area contributed by atoms with Gasteiger partial charge in [0.05, 0.1) is 17.2 Å². The Labute approximate surface area is 149 Å². The summed E-state index contributed by atoms with van der Waals surface area (Å²) in [5.41, 5.74) is 2.69. The Morgan fingerprint density at radius 3 is 2.64 bits per heavy atom. The molecule has 7 heteroatoms. The molecule has 6 nitrogen and oxygen atoms in total. The van der Waals surface area contributed by atoms with Crippen molar-refractivity contribution in [2.75, 3.05) is 6.61 Å². The standard InChI is InChI=1S/C18H19N3O3S/c1-4-24-18(23)15-10(2)19-17(14-9-25-11(3)20-14)21-16(15)12-5-7-13(22)8-6-12/h5-9,16,22H,4H2,1-3H3,(H,19,21)/t16-/m0/s1. The van der Waals surface area contributed by atoms with Crippen LogP contribution in [0.15, 0.2) is 45.9 Å². The molecule has 0 amide bonds. The number of carbonyl (C=O) groups is 1. The van der Waals surface area contributed by atoms with Crippen molar-refractivity contribution in [3.8, 4) is 5.75 Å². The van der Waals surface area contributed by atoms with E-state index in [9.17, 15) is 9.90 Å². The number of aliphatic imine (C=N–C) groups is 1. The molecule has 0 bridgehead atoms. The molecule has 1 atom stereocenters. The van der Waals surface area contributed by atoms with Crippen molar-refractivity contribution in [2.24, 2.45) is 4.99 Å². The fourth-order valence-corrected chi connectivity index (χ4v) is 3.25. The third-order valence-corrected chi connectivity index (χ3v) is 4.58. The number of phenols is 1. The zero-order valence-electron chi connectivity index (χ0n) is 14.2. The van der Waals surface area contributed by atoms with Crippen LogP contribution < -0.4 is 5.32 Å². The molecule has 130 valence electrons. The zero-order chi connectivity index (χ0) is 18.0. The Hall–Kier alpha value is -2.67. The van der Waals surface area contributed by atoms with Crippen molar-refractivity contribution in [1.82, 2.24) is 10.3 Å². The maximum absolute atomic E-state index is 12.5. The van der Waals surface area contributed by atoms with Gasteiger partial charge in [-0.05, 0) is 38.5 Å². The number of aromatic nitrogens is 1. The SMILES string of the molecule is CCOC(=O)C1=C(C)NC(c2csc(C)n2)=N[C@H]1c1ccc(O)cc1. The van der Waals surface area contributed by atoms with Gasteiger partial charge in [-0.25, -0.2) is 9.78 Å². The van der Waals surface area contributed by atoms with Crippen LogP contribution in [0.5, 0.6) is 5.75 Å². The summed E-state index contributed by atoms with van der Waals surface area (Å²) in [6.45, 7) is 5.82. The van der Waals surface area contributed by atoms with Gasteiger partial charge >= 0.3 is 5.97 Å². The molecular weight excluding hydrogens is 338 g/mol. The van der Waals surface area contributed by atoms with Crippen LogP contribution in [0.4, 0.5) is 0 Å². The molecule has 2 heterocycles. The molecule has 0 spiro atoms. The first-order chi connectivity index (χ1) is 12.0. The van der Waals surface area contributed by atoms with Crippen LogP contribution in [0.2, 0.25) is 0 Å². The highest BCUT2D eigenvalue weighted by Gasteiger charge is 2.31. The smallest absolute Gasteiger partial charge is 0.338 e. The molecule has 25 heavy (non-hydrogen) atoms. The fraction of sp³-hybridized carbons (Fsp3) is 0.278. The van der Waals surface area contributed by atoms with Gasteiger partial charge in [-0.15, -0.1) is 11.3 Å². The monoisotopic (exact) mass is 357 g/mol. The predicted molar refractivity (Wildman–Crippen MR) is 96.7 cm³/mol. The van der Waals surface area contributed by atoms with E-state index in [1.807, 2.05) is 19.2 Å². The number of amidine groups is 1. The third-order valence-electron chi connectivity index (χ3n) is 3.81. The van der Waals surface area contributed by atoms with Gasteiger partial charge in [0.25, 0.3) is 0 Å². The van der Waals surface area contributed by atoms with Gasteiger partial charge in [0.2, 0.25) is 0 Å². The van der Waals surface area contributed by atoms with E-state index < -0.39 is 12.0 Å². The lowest BCUT2D eigenvalue weighted by Gasteiger charge is -2.25. The van der Waals surface area contributed by atoms with Crippen molar-refractivity contribution in [3.63, 3.8) is 0 Å². The number of carbonyl (C=O) groups excluding carboxylic acids is 1. The second kappa shape index (κ2) is 7.06. The van der Waals surface area contributed by atoms with Crippen LogP contribution in [0, 0.1) is 6.92 Å². The molecule has 2 N–H and O–H groups in total. The number of aryl methyl sites for hydroxylation is 1. The number of phenolic OH excluding ortho intramolecular Hbond substituents is 1. The third kappa shape index (κ3) is 3.56. The second-order valence-electron chi connectivity index (χ2n) is 5.61. The molecule has 0 aliphatic carbocycles. The molecule has 3 rings (SSSR count). The molecule has 1 aliphatic rings. The van der Waals surface area contributed by atoms with E-state index in [-0.39, 0.29) is 5.75 Å². The lowest BCUT2D eigenvalue weighted by atomic mass is 9.96. The number of ether oxygens (including phenoxy) is 1. The summed E-state index contributed by atoms with van der Waals surface area (Å²) in [6.07, 6.45) is 0. The van der Waals surface area contributed by atoms with E-state index in [2.05, 4.69) is 10.3 Å². The minimum absolute atomic E-state index is 0.162. The number of benzene rings is 1. The lowest BCUT2D eigenvalue weighted by Crippen LogP contribution is -2.33. The van der Waals surface area contributed by atoms with Crippen LogP contribution in [0.3, 0.4) is 0 Å². The number of thiazole rings is 1. The largest absolute Gasteiger partial charge is 0.508 e. The molecule has 1 aromatic heterocycles. The van der Waals surface area contributed by atoms with Crippen molar-refractivity contribution >= 4 is 23.1 Å². The number of allylic oxidation sites excluding steroid dienone is 1. The maximum atomic E-state index is 12.5. The average molecular weight is 357 g/mol. The van der Waals surface area contributed by atoms with E-state index in [1.165, 1.54) is 0 Å². The fourth-order valence-electron chi connectivity index (χ4n) is 2.65. The van der Waals surface area contributed by atoms with Gasteiger partial charge in [0.15, 0.2) is 5.84 Å². The summed E-state index contributed by atoms with van der Waals surface area (Å²) >= 11 is 1.54. The summed E-state index contributed by atoms with van der Waals surface area (Å²) in [6, 6.07) is 6.16. The van der Waals surface area contributed by atoms with Gasteiger partial charge in [-0.3, -0.25) is 4.99 Å². The molecule has 0 saturated carbocycles. The number of rotatable bonds is 4. The van der Waals surface area contributed by atoms with Crippen molar-refractivity contribution < 1.29 is 14.6 Å². The normalized spacial score (nSPS) is 17.1. The minimum atomic E-state index is -0.516. The summed E-state index contributed by atoms with van der Waals surface area (Å²) < 4.78 is 5.20. The Morgan fingerprint density at radius 1 is 1.32 bits per heavy atom. The Kier molecular flexibility index (Phi) is 4.85. The molecule has 1 aliphatic heterocycles. The van der Waals surface area contributed by atoms with Crippen LogP contribution in [-0.4, -0.2) is 28.5 Å². The minimum Gasteiger partial charge on any atom is -0.508 e. The molecule has 0 radical (unpaired) electrons. The molecule has 0 fully saturated rings. The number of nitrogens with one attached hydrogen (secondary N) is 1. The van der Waals surface area contributed by atoms with Gasteiger partial charge < -0.3 is 15.2 Å². The van der Waals surface area contributed by atoms with Gasteiger partial charge in [0.1, 0.15) is 17.5 Å². The molecule has 0 unspecified atom stereocenters. The predicted octanol–water partition coefficient (Wildman–Crippen LogP) is 3.09. The Balaban J connectivity index is 2.06. The summed E-state index contributed by atoms with van der Waals surface area (Å²) in [5.74, 6) is 0.381. The average Bonchev–Trinajstić information content (AvgIpc) is 3.01.